The van der Waals surface area contributed by atoms with Gasteiger partial charge in [0.1, 0.15) is 5.60 Å². The molecule has 0 aliphatic heterocycles. The molecule has 0 aromatic heterocycles. The molecule has 0 heterocycles. The Bertz CT molecular complexity index is 537. The van der Waals surface area contributed by atoms with Gasteiger partial charge in [0.25, 0.3) is 0 Å². The minimum absolute atomic E-state index is 0.0421. The van der Waals surface area contributed by atoms with Gasteiger partial charge in [0.2, 0.25) is 0 Å². The van der Waals surface area contributed by atoms with Crippen molar-refractivity contribution in [3.05, 3.63) is 34.9 Å². The topological polar surface area (TPSA) is 64.3 Å². The number of carbonyl (C=O) groups excluding carboxylic acids is 1. The highest BCUT2D eigenvalue weighted by atomic mass is 19.4. The first kappa shape index (κ1) is 18.3. The summed E-state index contributed by atoms with van der Waals surface area (Å²) in [6, 6.07) is 3.12. The summed E-state index contributed by atoms with van der Waals surface area (Å²) in [7, 11) is 0. The summed E-state index contributed by atoms with van der Waals surface area (Å²) >= 11 is 0. The van der Waals surface area contributed by atoms with Crippen LogP contribution in [-0.4, -0.2) is 18.2 Å². The Kier molecular flexibility index (Phi) is 5.45. The Balaban J connectivity index is 2.99. The lowest BCUT2D eigenvalue weighted by molar-refractivity contribution is -0.138. The van der Waals surface area contributed by atoms with E-state index in [4.69, 9.17) is 10.5 Å². The van der Waals surface area contributed by atoms with Crippen molar-refractivity contribution >= 4 is 6.09 Å². The smallest absolute Gasteiger partial charge is 0.416 e. The molecule has 1 amide bonds. The average Bonchev–Trinajstić information content (AvgIpc) is 2.33. The molecule has 1 unspecified atom stereocenters. The van der Waals surface area contributed by atoms with Gasteiger partial charge in [-0.05, 0) is 44.9 Å². The van der Waals surface area contributed by atoms with Gasteiger partial charge in [-0.15, -0.1) is 0 Å². The molecule has 0 aliphatic rings. The Morgan fingerprint density at radius 1 is 1.32 bits per heavy atom. The van der Waals surface area contributed by atoms with E-state index in [1.54, 1.807) is 20.8 Å². The maximum absolute atomic E-state index is 12.9. The predicted molar refractivity (Wildman–Crippen MR) is 77.3 cm³/mol. The van der Waals surface area contributed by atoms with Crippen molar-refractivity contribution in [3.63, 3.8) is 0 Å². The van der Waals surface area contributed by atoms with E-state index >= 15 is 0 Å². The van der Waals surface area contributed by atoms with E-state index in [2.05, 4.69) is 5.32 Å². The monoisotopic (exact) mass is 318 g/mol. The maximum Gasteiger partial charge on any atom is 0.416 e. The van der Waals surface area contributed by atoms with Gasteiger partial charge in [-0.3, -0.25) is 0 Å². The van der Waals surface area contributed by atoms with E-state index in [1.165, 1.54) is 19.1 Å². The molecule has 0 aliphatic carbocycles. The zero-order chi connectivity index (χ0) is 17.1. The Hall–Kier alpha value is -1.76. The summed E-state index contributed by atoms with van der Waals surface area (Å²) in [5, 5.41) is 2.48. The summed E-state index contributed by atoms with van der Waals surface area (Å²) in [6.45, 7) is 6.41. The van der Waals surface area contributed by atoms with Crippen molar-refractivity contribution in [1.82, 2.24) is 5.32 Å². The quantitative estimate of drug-likeness (QED) is 0.896. The van der Waals surface area contributed by atoms with Crippen LogP contribution in [0.25, 0.3) is 0 Å². The van der Waals surface area contributed by atoms with Gasteiger partial charge in [0.15, 0.2) is 0 Å². The van der Waals surface area contributed by atoms with E-state index in [9.17, 15) is 18.0 Å². The first-order valence-electron chi connectivity index (χ1n) is 6.81. The zero-order valence-electron chi connectivity index (χ0n) is 13.0. The molecule has 124 valence electrons. The van der Waals surface area contributed by atoms with Crippen LogP contribution in [0.2, 0.25) is 0 Å². The number of hydrogen-bond donors (Lipinski definition) is 2. The number of amides is 1. The van der Waals surface area contributed by atoms with Crippen molar-refractivity contribution in [2.75, 3.05) is 6.54 Å². The van der Waals surface area contributed by atoms with Crippen LogP contribution >= 0.6 is 0 Å². The SMILES string of the molecule is Cc1ccc(C(CN)NC(=O)OC(C)(C)C)cc1C(F)(F)F. The van der Waals surface area contributed by atoms with Crippen LogP contribution in [0.1, 0.15) is 43.5 Å². The van der Waals surface area contributed by atoms with E-state index in [0.717, 1.165) is 6.07 Å². The number of alkyl halides is 3. The first-order chi connectivity index (χ1) is 9.94. The molecule has 0 spiro atoms. The third kappa shape index (κ3) is 5.22. The Morgan fingerprint density at radius 2 is 1.91 bits per heavy atom. The van der Waals surface area contributed by atoms with Gasteiger partial charge < -0.3 is 15.8 Å². The van der Waals surface area contributed by atoms with Crippen LogP contribution in [0.4, 0.5) is 18.0 Å². The van der Waals surface area contributed by atoms with Crippen LogP contribution in [0, 0.1) is 6.92 Å². The van der Waals surface area contributed by atoms with E-state index in [-0.39, 0.29) is 17.7 Å². The molecule has 0 saturated carbocycles. The van der Waals surface area contributed by atoms with Crippen LogP contribution in [0.5, 0.6) is 0 Å². The van der Waals surface area contributed by atoms with Gasteiger partial charge in [0, 0.05) is 6.54 Å². The second-order valence-corrected chi connectivity index (χ2v) is 6.01. The van der Waals surface area contributed by atoms with Crippen LogP contribution in [0.3, 0.4) is 0 Å². The molecule has 22 heavy (non-hydrogen) atoms. The molecule has 3 N–H and O–H groups in total. The lowest BCUT2D eigenvalue weighted by atomic mass is 10.00. The number of rotatable bonds is 3. The molecule has 1 aromatic carbocycles. The number of nitrogens with two attached hydrogens (primary N) is 1. The third-order valence-corrected chi connectivity index (χ3v) is 2.90. The van der Waals surface area contributed by atoms with Gasteiger partial charge in [-0.25, -0.2) is 4.79 Å². The molecular weight excluding hydrogens is 297 g/mol. The molecule has 0 bridgehead atoms. The van der Waals surface area contributed by atoms with Crippen LogP contribution < -0.4 is 11.1 Å². The summed E-state index contributed by atoms with van der Waals surface area (Å²) in [5.74, 6) is 0. The number of halogens is 3. The minimum atomic E-state index is -4.45. The van der Waals surface area contributed by atoms with Crippen molar-refractivity contribution in [3.8, 4) is 0 Å². The van der Waals surface area contributed by atoms with Crippen LogP contribution in [-0.2, 0) is 10.9 Å². The highest BCUT2D eigenvalue weighted by molar-refractivity contribution is 5.68. The highest BCUT2D eigenvalue weighted by Gasteiger charge is 2.33. The van der Waals surface area contributed by atoms with Gasteiger partial charge >= 0.3 is 12.3 Å². The standard InChI is InChI=1S/C15H21F3N2O2/c1-9-5-6-10(7-11(9)15(16,17)18)12(8-19)20-13(21)22-14(2,3)4/h5-7,12H,8,19H2,1-4H3,(H,20,21). The fraction of sp³-hybridized carbons (Fsp3) is 0.533. The molecule has 0 fully saturated rings. The van der Waals surface area contributed by atoms with Crippen molar-refractivity contribution < 1.29 is 22.7 Å². The Labute approximate surface area is 127 Å². The number of ether oxygens (including phenoxy) is 1. The van der Waals surface area contributed by atoms with E-state index < -0.39 is 29.5 Å². The van der Waals surface area contributed by atoms with Crippen molar-refractivity contribution in [2.45, 2.75) is 45.5 Å². The van der Waals surface area contributed by atoms with Crippen LogP contribution in [0.15, 0.2) is 18.2 Å². The summed E-state index contributed by atoms with van der Waals surface area (Å²) in [6.07, 6.45) is -5.18. The lowest BCUT2D eigenvalue weighted by Crippen LogP contribution is -2.37. The van der Waals surface area contributed by atoms with Gasteiger partial charge in [-0.1, -0.05) is 12.1 Å². The molecular formula is C15H21F3N2O2. The Morgan fingerprint density at radius 3 is 2.36 bits per heavy atom. The number of alkyl carbamates (subject to hydrolysis) is 1. The molecule has 1 aromatic rings. The number of benzene rings is 1. The molecule has 1 atom stereocenters. The fourth-order valence-corrected chi connectivity index (χ4v) is 1.89. The first-order valence-corrected chi connectivity index (χ1v) is 6.81. The highest BCUT2D eigenvalue weighted by Crippen LogP contribution is 2.33. The fourth-order valence-electron chi connectivity index (χ4n) is 1.89. The molecule has 0 radical (unpaired) electrons. The number of aryl methyl sites for hydroxylation is 1. The zero-order valence-corrected chi connectivity index (χ0v) is 13.0. The van der Waals surface area contributed by atoms with E-state index in [0.29, 0.717) is 0 Å². The second-order valence-electron chi connectivity index (χ2n) is 6.01. The molecule has 0 saturated heterocycles. The minimum Gasteiger partial charge on any atom is -0.444 e. The molecule has 4 nitrogen and oxygen atoms in total. The van der Waals surface area contributed by atoms with E-state index in [1.807, 2.05) is 0 Å². The predicted octanol–water partition coefficient (Wildman–Crippen LogP) is 3.54. The second kappa shape index (κ2) is 6.56. The normalized spacial score (nSPS) is 13.6. The van der Waals surface area contributed by atoms with Crippen molar-refractivity contribution in [2.24, 2.45) is 5.73 Å². The third-order valence-electron chi connectivity index (χ3n) is 2.90. The molecule has 1 rings (SSSR count). The largest absolute Gasteiger partial charge is 0.444 e. The summed E-state index contributed by atoms with van der Waals surface area (Å²) < 4.78 is 43.9. The summed E-state index contributed by atoms with van der Waals surface area (Å²) in [5.41, 5.74) is 4.52. The summed E-state index contributed by atoms with van der Waals surface area (Å²) in [4.78, 5) is 11.7. The molecule has 7 heteroatoms. The van der Waals surface area contributed by atoms with Gasteiger partial charge in [0.05, 0.1) is 11.6 Å². The number of nitrogens with one attached hydrogen (secondary N) is 1. The lowest BCUT2D eigenvalue weighted by Gasteiger charge is -2.24. The number of hydrogen-bond acceptors (Lipinski definition) is 3. The number of carbonyl (C=O) groups is 1. The average molecular weight is 318 g/mol. The van der Waals surface area contributed by atoms with Gasteiger partial charge in [-0.2, -0.15) is 13.2 Å². The van der Waals surface area contributed by atoms with Crippen molar-refractivity contribution in [1.29, 1.82) is 0 Å². The maximum atomic E-state index is 12.9.